The van der Waals surface area contributed by atoms with Crippen LogP contribution in [0.25, 0.3) is 0 Å². The molecule has 1 aliphatic rings. The Morgan fingerprint density at radius 1 is 1.43 bits per heavy atom. The fourth-order valence-corrected chi connectivity index (χ4v) is 4.98. The number of amides is 1. The van der Waals surface area contributed by atoms with Crippen molar-refractivity contribution in [1.82, 2.24) is 9.03 Å². The first kappa shape index (κ1) is 18.0. The number of halogens is 2. The minimum atomic E-state index is -4.30. The Bertz CT molecular complexity index is 746. The molecule has 2 rings (SSSR count). The Kier molecular flexibility index (Phi) is 4.62. The maximum Gasteiger partial charge on any atom is 0.419 e. The molecule has 1 aliphatic carbocycles. The zero-order chi connectivity index (χ0) is 17.6. The first-order chi connectivity index (χ1) is 10.4. The molecule has 1 atom stereocenters. The topological polar surface area (TPSA) is 86.7 Å². The van der Waals surface area contributed by atoms with Crippen LogP contribution in [0.15, 0.2) is 12.1 Å². The number of hydrogen-bond acceptors (Lipinski definition) is 3. The zero-order valence-corrected chi connectivity index (χ0v) is 14.5. The van der Waals surface area contributed by atoms with Crippen molar-refractivity contribution in [3.05, 3.63) is 34.1 Å². The average molecular weight is 365 g/mol. The molecule has 0 heterocycles. The molecule has 0 radical (unpaired) electrons. The van der Waals surface area contributed by atoms with Crippen molar-refractivity contribution in [2.24, 2.45) is 0 Å². The van der Waals surface area contributed by atoms with Crippen molar-refractivity contribution in [2.75, 3.05) is 0 Å². The summed E-state index contributed by atoms with van der Waals surface area (Å²) >= 11 is 6.12. The molecule has 128 valence electrons. The van der Waals surface area contributed by atoms with Crippen LogP contribution in [0, 0.1) is 5.82 Å². The molecule has 0 fully saturated rings. The molecule has 1 aromatic carbocycles. The number of hydrogen-bond donors (Lipinski definition) is 2. The monoisotopic (exact) mass is 364 g/mol. The van der Waals surface area contributed by atoms with E-state index in [-0.39, 0.29) is 5.02 Å². The van der Waals surface area contributed by atoms with E-state index in [9.17, 15) is 17.6 Å². The van der Waals surface area contributed by atoms with E-state index in [1.54, 1.807) is 25.5 Å². The highest BCUT2D eigenvalue weighted by Crippen LogP contribution is 2.44. The molecular weight excluding hydrogens is 347 g/mol. The average Bonchev–Trinajstić information content (AvgIpc) is 2.68. The van der Waals surface area contributed by atoms with Crippen molar-refractivity contribution >= 4 is 27.9 Å². The third-order valence-corrected chi connectivity index (χ3v) is 5.69. The van der Waals surface area contributed by atoms with E-state index in [1.165, 1.54) is 6.07 Å². The lowest BCUT2D eigenvalue weighted by atomic mass is 10.0. The lowest BCUT2D eigenvalue weighted by Crippen LogP contribution is -2.53. The van der Waals surface area contributed by atoms with Gasteiger partial charge < -0.3 is 5.11 Å². The molecule has 1 unspecified atom stereocenters. The fraction of sp³-hybridized carbons (Fsp3) is 0.500. The maximum absolute atomic E-state index is 13.5. The largest absolute Gasteiger partial charge is 0.464 e. The Labute approximate surface area is 139 Å². The Balaban J connectivity index is 2.56. The van der Waals surface area contributed by atoms with E-state index in [1.807, 2.05) is 0 Å². The summed E-state index contributed by atoms with van der Waals surface area (Å²) in [5.41, 5.74) is 0.268. The van der Waals surface area contributed by atoms with Gasteiger partial charge >= 0.3 is 16.3 Å². The molecule has 6 nitrogen and oxygen atoms in total. The SMILES string of the molecule is CC(C)(C)N(C1CCc2cc(F)cc(Cl)c21)S(=O)(=O)NC(=O)O. The van der Waals surface area contributed by atoms with Crippen molar-refractivity contribution in [1.29, 1.82) is 0 Å². The van der Waals surface area contributed by atoms with Crippen LogP contribution in [0.1, 0.15) is 44.4 Å². The summed E-state index contributed by atoms with van der Waals surface area (Å²) in [4.78, 5) is 10.8. The van der Waals surface area contributed by atoms with E-state index in [0.29, 0.717) is 24.0 Å². The van der Waals surface area contributed by atoms with Gasteiger partial charge in [0.15, 0.2) is 0 Å². The number of carbonyl (C=O) groups is 1. The van der Waals surface area contributed by atoms with Crippen molar-refractivity contribution in [3.8, 4) is 0 Å². The molecular formula is C14H18ClFN2O4S. The minimum Gasteiger partial charge on any atom is -0.464 e. The molecule has 0 aliphatic heterocycles. The third kappa shape index (κ3) is 3.59. The van der Waals surface area contributed by atoms with Gasteiger partial charge in [-0.15, -0.1) is 0 Å². The van der Waals surface area contributed by atoms with Crippen LogP contribution in [-0.2, 0) is 16.6 Å². The van der Waals surface area contributed by atoms with E-state index in [2.05, 4.69) is 0 Å². The van der Waals surface area contributed by atoms with Crippen LogP contribution in [0.4, 0.5) is 9.18 Å². The molecule has 0 saturated heterocycles. The second-order valence-corrected chi connectivity index (χ2v) is 8.35. The zero-order valence-electron chi connectivity index (χ0n) is 12.9. The Hall–Kier alpha value is -1.38. The third-order valence-electron chi connectivity index (χ3n) is 3.62. The van der Waals surface area contributed by atoms with Gasteiger partial charge in [-0.2, -0.15) is 12.7 Å². The molecule has 0 spiro atoms. The van der Waals surface area contributed by atoms with Crippen LogP contribution in [0.2, 0.25) is 5.02 Å². The second-order valence-electron chi connectivity index (χ2n) is 6.39. The number of carboxylic acid groups (broad SMARTS) is 1. The molecule has 23 heavy (non-hydrogen) atoms. The van der Waals surface area contributed by atoms with E-state index >= 15 is 0 Å². The summed E-state index contributed by atoms with van der Waals surface area (Å²) in [6.07, 6.45) is -0.800. The number of rotatable bonds is 3. The van der Waals surface area contributed by atoms with Crippen LogP contribution in [-0.4, -0.2) is 29.5 Å². The van der Waals surface area contributed by atoms with Gasteiger partial charge in [0.2, 0.25) is 0 Å². The number of fused-ring (bicyclic) bond motifs is 1. The van der Waals surface area contributed by atoms with Gasteiger partial charge in [0.25, 0.3) is 0 Å². The molecule has 1 amide bonds. The highest BCUT2D eigenvalue weighted by molar-refractivity contribution is 7.87. The minimum absolute atomic E-state index is 0.141. The normalized spacial score (nSPS) is 18.1. The van der Waals surface area contributed by atoms with E-state index in [4.69, 9.17) is 16.7 Å². The summed E-state index contributed by atoms with van der Waals surface area (Å²) in [6, 6.07) is 1.81. The highest BCUT2D eigenvalue weighted by atomic mass is 35.5. The summed E-state index contributed by atoms with van der Waals surface area (Å²) < 4.78 is 41.1. The molecule has 9 heteroatoms. The quantitative estimate of drug-likeness (QED) is 0.862. The smallest absolute Gasteiger partial charge is 0.419 e. The standard InChI is InChI=1S/C14H18ClFN2O4S/c1-14(2,3)18(23(21,22)17-13(19)20)11-5-4-8-6-9(16)7-10(15)12(8)11/h6-7,11,17H,4-5H2,1-3H3,(H,19,20). The Morgan fingerprint density at radius 2 is 2.04 bits per heavy atom. The van der Waals surface area contributed by atoms with Gasteiger partial charge in [-0.3, -0.25) is 0 Å². The van der Waals surface area contributed by atoms with Crippen molar-refractivity contribution in [3.63, 3.8) is 0 Å². The summed E-state index contributed by atoms with van der Waals surface area (Å²) in [7, 11) is -4.30. The van der Waals surface area contributed by atoms with Gasteiger partial charge in [-0.05, 0) is 56.9 Å². The summed E-state index contributed by atoms with van der Waals surface area (Å²) in [6.45, 7) is 4.97. The lowest BCUT2D eigenvalue weighted by molar-refractivity contribution is 0.180. The number of nitrogens with one attached hydrogen (secondary N) is 1. The van der Waals surface area contributed by atoms with Crippen LogP contribution >= 0.6 is 11.6 Å². The molecule has 0 bridgehead atoms. The van der Waals surface area contributed by atoms with E-state index < -0.39 is 33.7 Å². The second kappa shape index (κ2) is 5.92. The molecule has 0 aromatic heterocycles. The van der Waals surface area contributed by atoms with Crippen LogP contribution in [0.5, 0.6) is 0 Å². The lowest BCUT2D eigenvalue weighted by Gasteiger charge is -2.38. The maximum atomic E-state index is 13.5. The van der Waals surface area contributed by atoms with Gasteiger partial charge in [0, 0.05) is 10.6 Å². The molecule has 0 saturated carbocycles. The summed E-state index contributed by atoms with van der Waals surface area (Å²) in [5, 5.41) is 8.94. The highest BCUT2D eigenvalue weighted by Gasteiger charge is 2.43. The summed E-state index contributed by atoms with van der Waals surface area (Å²) in [5.74, 6) is -0.483. The van der Waals surface area contributed by atoms with Crippen molar-refractivity contribution in [2.45, 2.75) is 45.2 Å². The number of nitrogens with zero attached hydrogens (tertiary/aromatic N) is 1. The number of benzene rings is 1. The first-order valence-electron chi connectivity index (χ1n) is 6.96. The van der Waals surface area contributed by atoms with Gasteiger partial charge in [-0.25, -0.2) is 13.9 Å². The fourth-order valence-electron chi connectivity index (χ4n) is 3.04. The van der Waals surface area contributed by atoms with Gasteiger partial charge in [0.1, 0.15) is 5.82 Å². The van der Waals surface area contributed by atoms with Crippen LogP contribution in [0.3, 0.4) is 0 Å². The van der Waals surface area contributed by atoms with Crippen molar-refractivity contribution < 1.29 is 22.7 Å². The number of aryl methyl sites for hydroxylation is 1. The van der Waals surface area contributed by atoms with Gasteiger partial charge in [-0.1, -0.05) is 11.6 Å². The van der Waals surface area contributed by atoms with Crippen LogP contribution < -0.4 is 4.72 Å². The predicted octanol–water partition coefficient (Wildman–Crippen LogP) is 3.08. The molecule has 2 N–H and O–H groups in total. The molecule has 1 aromatic rings. The van der Waals surface area contributed by atoms with E-state index in [0.717, 1.165) is 10.4 Å². The predicted molar refractivity (Wildman–Crippen MR) is 84.1 cm³/mol. The Morgan fingerprint density at radius 3 is 2.57 bits per heavy atom. The first-order valence-corrected chi connectivity index (χ1v) is 8.78. The van der Waals surface area contributed by atoms with Gasteiger partial charge in [0.05, 0.1) is 6.04 Å².